The number of pyridine rings is 1. The van der Waals surface area contributed by atoms with Crippen molar-refractivity contribution < 1.29 is 33.0 Å². The Morgan fingerprint density at radius 2 is 1.58 bits per heavy atom. The van der Waals surface area contributed by atoms with E-state index in [4.69, 9.17) is 9.47 Å². The van der Waals surface area contributed by atoms with Gasteiger partial charge in [-0.25, -0.2) is 18.6 Å². The van der Waals surface area contributed by atoms with Gasteiger partial charge in [-0.3, -0.25) is 4.79 Å². The lowest BCUT2D eigenvalue weighted by atomic mass is 9.88. The molecule has 0 saturated heterocycles. The van der Waals surface area contributed by atoms with E-state index in [1.807, 2.05) is 0 Å². The van der Waals surface area contributed by atoms with Crippen LogP contribution in [0.2, 0.25) is 0 Å². The molecular weight excluding hydrogens is 470 g/mol. The number of nitrogens with zero attached hydrogens (tertiary/aromatic N) is 1. The highest BCUT2D eigenvalue weighted by atomic mass is 19.1. The van der Waals surface area contributed by atoms with Crippen LogP contribution in [0.5, 0.6) is 11.5 Å². The van der Waals surface area contributed by atoms with Crippen LogP contribution in [0.1, 0.15) is 35.5 Å². The zero-order valence-electron chi connectivity index (χ0n) is 20.2. The molecule has 2 N–H and O–H groups in total. The number of hydrogen-bond donors (Lipinski definition) is 2. The van der Waals surface area contributed by atoms with E-state index < -0.39 is 29.8 Å². The van der Waals surface area contributed by atoms with Crippen molar-refractivity contribution in [2.45, 2.75) is 38.8 Å². The average Bonchev–Trinajstić information content (AvgIpc) is 2.83. The highest BCUT2D eigenvalue weighted by molar-refractivity contribution is 5.97. The van der Waals surface area contributed by atoms with E-state index in [1.54, 1.807) is 31.2 Å². The molecule has 190 valence electrons. The van der Waals surface area contributed by atoms with Gasteiger partial charge in [-0.15, -0.1) is 0 Å². The number of aromatic nitrogens is 1. The third kappa shape index (κ3) is 7.00. The molecule has 1 amide bonds. The number of methoxy groups -OCH3 is 1. The third-order valence-corrected chi connectivity index (χ3v) is 5.76. The number of halogens is 2. The Bertz CT molecular complexity index is 1170. The molecule has 0 radical (unpaired) electrons. The van der Waals surface area contributed by atoms with Crippen molar-refractivity contribution >= 4 is 11.9 Å². The summed E-state index contributed by atoms with van der Waals surface area (Å²) in [4.78, 5) is 29.2. The van der Waals surface area contributed by atoms with Gasteiger partial charge in [-0.05, 0) is 62.1 Å². The molecular formula is C27H28F2N2O5. The molecule has 0 aliphatic carbocycles. The molecule has 3 rings (SSSR count). The van der Waals surface area contributed by atoms with Crippen LogP contribution < -0.4 is 10.1 Å². The van der Waals surface area contributed by atoms with Gasteiger partial charge >= 0.3 is 5.97 Å². The second kappa shape index (κ2) is 12.1. The zero-order valence-corrected chi connectivity index (χ0v) is 20.2. The van der Waals surface area contributed by atoms with Gasteiger partial charge in [0.1, 0.15) is 23.8 Å². The van der Waals surface area contributed by atoms with E-state index in [9.17, 15) is 23.5 Å². The number of esters is 1. The summed E-state index contributed by atoms with van der Waals surface area (Å²) in [5, 5.41) is 12.6. The summed E-state index contributed by atoms with van der Waals surface area (Å²) in [6.45, 7) is 3.14. The van der Waals surface area contributed by atoms with Gasteiger partial charge < -0.3 is 19.9 Å². The summed E-state index contributed by atoms with van der Waals surface area (Å²) in [7, 11) is 1.34. The minimum atomic E-state index is -1.06. The summed E-state index contributed by atoms with van der Waals surface area (Å²) in [6, 6.07) is 12.6. The second-order valence-electron chi connectivity index (χ2n) is 8.48. The van der Waals surface area contributed by atoms with Crippen LogP contribution in [-0.4, -0.2) is 41.2 Å². The second-order valence-corrected chi connectivity index (χ2v) is 8.48. The number of nitrogens with one attached hydrogen (secondary N) is 1. The van der Waals surface area contributed by atoms with Crippen molar-refractivity contribution in [2.24, 2.45) is 5.92 Å². The van der Waals surface area contributed by atoms with Crippen molar-refractivity contribution in [1.82, 2.24) is 10.3 Å². The predicted molar refractivity (Wildman–Crippen MR) is 129 cm³/mol. The summed E-state index contributed by atoms with van der Waals surface area (Å²) in [5.74, 6) is -2.93. The van der Waals surface area contributed by atoms with Gasteiger partial charge in [-0.2, -0.15) is 0 Å². The van der Waals surface area contributed by atoms with E-state index in [1.165, 1.54) is 50.6 Å². The Morgan fingerprint density at radius 1 is 1.00 bits per heavy atom. The number of ether oxygens (including phenoxy) is 2. The van der Waals surface area contributed by atoms with Crippen LogP contribution >= 0.6 is 0 Å². The number of rotatable bonds is 10. The number of benzene rings is 2. The molecule has 2 aromatic carbocycles. The number of amides is 1. The molecule has 0 fully saturated rings. The number of carbonyl (C=O) groups excluding carboxylic acids is 2. The first-order valence-electron chi connectivity index (χ1n) is 11.4. The summed E-state index contributed by atoms with van der Waals surface area (Å²) in [5.41, 5.74) is 1.12. The van der Waals surface area contributed by atoms with Gasteiger partial charge in [-0.1, -0.05) is 24.3 Å². The highest BCUT2D eigenvalue weighted by Crippen LogP contribution is 2.27. The van der Waals surface area contributed by atoms with Crippen molar-refractivity contribution in [3.8, 4) is 11.5 Å². The summed E-state index contributed by atoms with van der Waals surface area (Å²) in [6.07, 6.45) is 1.41. The van der Waals surface area contributed by atoms with Crippen molar-refractivity contribution in [1.29, 1.82) is 0 Å². The molecule has 9 heteroatoms. The molecule has 0 aliphatic heterocycles. The Labute approximate surface area is 208 Å². The quantitative estimate of drug-likeness (QED) is 0.406. The fraction of sp³-hybridized carbons (Fsp3) is 0.296. The third-order valence-electron chi connectivity index (χ3n) is 5.76. The first kappa shape index (κ1) is 26.6. The van der Waals surface area contributed by atoms with E-state index in [0.717, 1.165) is 0 Å². The van der Waals surface area contributed by atoms with Crippen LogP contribution in [0.3, 0.4) is 0 Å². The monoisotopic (exact) mass is 498 g/mol. The molecule has 0 aliphatic rings. The Kier molecular flexibility index (Phi) is 8.94. The standard InChI is InChI=1S/C27H28F2N2O5/c1-16(31-26(33)24-25(32)23(35-3)10-11-30-24)27(34)36-17(2)20(12-18-6-4-8-21(28)14-18)13-19-7-5-9-22(29)15-19/h4-11,14-17,20,32H,12-13H2,1-3H3,(H,31,33)/t16-,17?/m0/s1. The maximum Gasteiger partial charge on any atom is 0.328 e. The maximum atomic E-state index is 13.7. The molecule has 7 nitrogen and oxygen atoms in total. The minimum absolute atomic E-state index is 0.0662. The Morgan fingerprint density at radius 3 is 2.11 bits per heavy atom. The molecule has 1 unspecified atom stereocenters. The minimum Gasteiger partial charge on any atom is -0.503 e. The maximum absolute atomic E-state index is 13.7. The lowest BCUT2D eigenvalue weighted by Gasteiger charge is -2.26. The van der Waals surface area contributed by atoms with E-state index in [2.05, 4.69) is 10.3 Å². The molecule has 1 aromatic heterocycles. The van der Waals surface area contributed by atoms with Gasteiger partial charge in [0.15, 0.2) is 17.2 Å². The van der Waals surface area contributed by atoms with Gasteiger partial charge in [0, 0.05) is 18.2 Å². The van der Waals surface area contributed by atoms with Crippen LogP contribution in [0.4, 0.5) is 8.78 Å². The summed E-state index contributed by atoms with van der Waals surface area (Å²) >= 11 is 0. The topological polar surface area (TPSA) is 97.8 Å². The number of hydrogen-bond acceptors (Lipinski definition) is 6. The fourth-order valence-corrected chi connectivity index (χ4v) is 3.81. The Hall–Kier alpha value is -4.01. The molecule has 3 aromatic rings. The molecule has 0 spiro atoms. The highest BCUT2D eigenvalue weighted by Gasteiger charge is 2.27. The fourth-order valence-electron chi connectivity index (χ4n) is 3.81. The molecule has 0 bridgehead atoms. The predicted octanol–water partition coefficient (Wildman–Crippen LogP) is 4.23. The largest absolute Gasteiger partial charge is 0.503 e. The van der Waals surface area contributed by atoms with E-state index in [-0.39, 0.29) is 29.0 Å². The summed E-state index contributed by atoms with van der Waals surface area (Å²) < 4.78 is 38.1. The first-order chi connectivity index (χ1) is 17.2. The van der Waals surface area contributed by atoms with E-state index >= 15 is 0 Å². The zero-order chi connectivity index (χ0) is 26.2. The molecule has 2 atom stereocenters. The number of aromatic hydroxyl groups is 1. The lowest BCUT2D eigenvalue weighted by Crippen LogP contribution is -2.42. The normalized spacial score (nSPS) is 12.6. The average molecular weight is 499 g/mol. The van der Waals surface area contributed by atoms with Gasteiger partial charge in [0.2, 0.25) is 0 Å². The molecule has 36 heavy (non-hydrogen) atoms. The SMILES string of the molecule is COc1ccnc(C(=O)N[C@@H](C)C(=O)OC(C)C(Cc2cccc(F)c2)Cc2cccc(F)c2)c1O. The van der Waals surface area contributed by atoms with Crippen molar-refractivity contribution in [3.63, 3.8) is 0 Å². The lowest BCUT2D eigenvalue weighted by molar-refractivity contribution is -0.152. The van der Waals surface area contributed by atoms with Crippen LogP contribution in [0.15, 0.2) is 60.8 Å². The first-order valence-corrected chi connectivity index (χ1v) is 11.4. The van der Waals surface area contributed by atoms with Crippen LogP contribution in [0.25, 0.3) is 0 Å². The smallest absolute Gasteiger partial charge is 0.328 e. The van der Waals surface area contributed by atoms with Crippen molar-refractivity contribution in [3.05, 3.63) is 89.2 Å². The van der Waals surface area contributed by atoms with Crippen molar-refractivity contribution in [2.75, 3.05) is 7.11 Å². The molecule has 0 saturated carbocycles. The molecule has 1 heterocycles. The Balaban J connectivity index is 1.71. The van der Waals surface area contributed by atoms with E-state index in [0.29, 0.717) is 24.0 Å². The number of carbonyl (C=O) groups is 2. The van der Waals surface area contributed by atoms with Gasteiger partial charge in [0.05, 0.1) is 7.11 Å². The van der Waals surface area contributed by atoms with Gasteiger partial charge in [0.25, 0.3) is 5.91 Å². The van der Waals surface area contributed by atoms with Crippen LogP contribution in [-0.2, 0) is 22.4 Å². The van der Waals surface area contributed by atoms with Crippen LogP contribution in [0, 0.1) is 17.6 Å².